The van der Waals surface area contributed by atoms with Crippen LogP contribution in [0.1, 0.15) is 48.7 Å². The Hall–Kier alpha value is -2.80. The van der Waals surface area contributed by atoms with Crippen molar-refractivity contribution in [3.8, 4) is 5.75 Å². The van der Waals surface area contributed by atoms with E-state index in [0.29, 0.717) is 11.7 Å². The number of hydrogen-bond acceptors (Lipinski definition) is 5. The van der Waals surface area contributed by atoms with Crippen LogP contribution in [0.4, 0.5) is 0 Å². The molecule has 0 bridgehead atoms. The maximum absolute atomic E-state index is 12.8. The molecule has 1 aromatic heterocycles. The SMILES string of the molecule is CCn1c(SCC(=O)N[C@@H](c2ccccc2)c2ccc(OC)cc2)nnc1C1CC1. The first-order valence-corrected chi connectivity index (χ1v) is 11.2. The molecule has 0 spiro atoms. The third-order valence-electron chi connectivity index (χ3n) is 5.22. The maximum atomic E-state index is 12.8. The molecule has 1 aliphatic carbocycles. The molecule has 0 aliphatic heterocycles. The molecule has 3 aromatic rings. The van der Waals surface area contributed by atoms with Crippen molar-refractivity contribution in [2.75, 3.05) is 12.9 Å². The zero-order valence-electron chi connectivity index (χ0n) is 17.2. The van der Waals surface area contributed by atoms with E-state index in [2.05, 4.69) is 27.0 Å². The minimum absolute atomic E-state index is 0.0386. The van der Waals surface area contributed by atoms with E-state index in [1.54, 1.807) is 7.11 Å². The molecule has 0 saturated heterocycles. The number of rotatable bonds is 9. The second-order valence-electron chi connectivity index (χ2n) is 7.33. The van der Waals surface area contributed by atoms with Crippen LogP contribution in [0.5, 0.6) is 5.75 Å². The third-order valence-corrected chi connectivity index (χ3v) is 6.19. The van der Waals surface area contributed by atoms with Gasteiger partial charge in [0.1, 0.15) is 11.6 Å². The van der Waals surface area contributed by atoms with Crippen molar-refractivity contribution in [3.05, 3.63) is 71.5 Å². The molecule has 6 nitrogen and oxygen atoms in total. The number of amides is 1. The van der Waals surface area contributed by atoms with Crippen LogP contribution in [-0.4, -0.2) is 33.5 Å². The highest BCUT2D eigenvalue weighted by molar-refractivity contribution is 7.99. The van der Waals surface area contributed by atoms with Crippen LogP contribution in [0.15, 0.2) is 59.8 Å². The number of carbonyl (C=O) groups excluding carboxylic acids is 1. The largest absolute Gasteiger partial charge is 0.497 e. The third kappa shape index (κ3) is 4.67. The van der Waals surface area contributed by atoms with E-state index in [1.165, 1.54) is 24.6 Å². The standard InChI is InChI=1S/C23H26N4O2S/c1-3-27-22(18-9-10-18)25-26-23(27)30-15-20(28)24-21(16-7-5-4-6-8-16)17-11-13-19(29-2)14-12-17/h4-8,11-14,18,21H,3,9-10,15H2,1-2H3,(H,24,28)/t21-/m0/s1. The predicted molar refractivity (Wildman–Crippen MR) is 118 cm³/mol. The molecule has 156 valence electrons. The first-order chi connectivity index (χ1) is 14.7. The van der Waals surface area contributed by atoms with Gasteiger partial charge in [0.2, 0.25) is 5.91 Å². The van der Waals surface area contributed by atoms with Gasteiger partial charge >= 0.3 is 0 Å². The van der Waals surface area contributed by atoms with Gasteiger partial charge in [0.15, 0.2) is 5.16 Å². The number of aromatic nitrogens is 3. The van der Waals surface area contributed by atoms with Crippen molar-refractivity contribution in [3.63, 3.8) is 0 Å². The molecule has 1 N–H and O–H groups in total. The van der Waals surface area contributed by atoms with Crippen LogP contribution in [0.3, 0.4) is 0 Å². The molecule has 30 heavy (non-hydrogen) atoms. The fraction of sp³-hybridized carbons (Fsp3) is 0.348. The first-order valence-electron chi connectivity index (χ1n) is 10.2. The maximum Gasteiger partial charge on any atom is 0.231 e. The van der Waals surface area contributed by atoms with Crippen molar-refractivity contribution in [1.29, 1.82) is 0 Å². The van der Waals surface area contributed by atoms with E-state index >= 15 is 0 Å². The number of nitrogens with zero attached hydrogens (tertiary/aromatic N) is 3. The average Bonchev–Trinajstić information content (AvgIpc) is 3.56. The summed E-state index contributed by atoms with van der Waals surface area (Å²) in [4.78, 5) is 12.8. The molecule has 1 saturated carbocycles. The van der Waals surface area contributed by atoms with Crippen LogP contribution in [0.2, 0.25) is 0 Å². The normalized spacial score (nSPS) is 14.3. The summed E-state index contributed by atoms with van der Waals surface area (Å²) in [7, 11) is 1.65. The zero-order valence-corrected chi connectivity index (χ0v) is 18.1. The Labute approximate surface area is 181 Å². The van der Waals surface area contributed by atoms with E-state index in [-0.39, 0.29) is 11.9 Å². The van der Waals surface area contributed by atoms with Crippen molar-refractivity contribution < 1.29 is 9.53 Å². The molecular formula is C23H26N4O2S. The minimum atomic E-state index is -0.226. The molecule has 4 rings (SSSR count). The molecule has 0 unspecified atom stereocenters. The van der Waals surface area contributed by atoms with Crippen LogP contribution in [-0.2, 0) is 11.3 Å². The van der Waals surface area contributed by atoms with Crippen LogP contribution >= 0.6 is 11.8 Å². The summed E-state index contributed by atoms with van der Waals surface area (Å²) < 4.78 is 7.40. The minimum Gasteiger partial charge on any atom is -0.497 e. The summed E-state index contributed by atoms with van der Waals surface area (Å²) in [5.74, 6) is 2.64. The summed E-state index contributed by atoms with van der Waals surface area (Å²) in [6, 6.07) is 17.6. The van der Waals surface area contributed by atoms with Gasteiger partial charge in [0, 0.05) is 12.5 Å². The second kappa shape index (κ2) is 9.34. The Balaban J connectivity index is 1.46. The first kappa shape index (κ1) is 20.5. The van der Waals surface area contributed by atoms with Gasteiger partial charge in [0.25, 0.3) is 0 Å². The van der Waals surface area contributed by atoms with E-state index in [1.807, 2.05) is 54.6 Å². The van der Waals surface area contributed by atoms with Crippen LogP contribution in [0, 0.1) is 0 Å². The highest BCUT2D eigenvalue weighted by Crippen LogP contribution is 2.40. The highest BCUT2D eigenvalue weighted by atomic mass is 32.2. The highest BCUT2D eigenvalue weighted by Gasteiger charge is 2.30. The summed E-state index contributed by atoms with van der Waals surface area (Å²) in [5.41, 5.74) is 2.04. The Kier molecular flexibility index (Phi) is 6.38. The summed E-state index contributed by atoms with van der Waals surface area (Å²) >= 11 is 1.44. The van der Waals surface area contributed by atoms with Crippen molar-refractivity contribution in [2.24, 2.45) is 0 Å². The fourth-order valence-electron chi connectivity index (χ4n) is 3.48. The topological polar surface area (TPSA) is 69.0 Å². The molecule has 1 aliphatic rings. The lowest BCUT2D eigenvalue weighted by atomic mass is 9.98. The lowest BCUT2D eigenvalue weighted by Gasteiger charge is -2.20. The molecule has 0 radical (unpaired) electrons. The molecule has 7 heteroatoms. The van der Waals surface area contributed by atoms with Crippen molar-refractivity contribution >= 4 is 17.7 Å². The Morgan fingerprint density at radius 1 is 1.13 bits per heavy atom. The number of methoxy groups -OCH3 is 1. The molecular weight excluding hydrogens is 396 g/mol. The summed E-state index contributed by atoms with van der Waals surface area (Å²) in [6.07, 6.45) is 2.37. The van der Waals surface area contributed by atoms with Gasteiger partial charge in [-0.2, -0.15) is 0 Å². The molecule has 1 atom stereocenters. The van der Waals surface area contributed by atoms with Gasteiger partial charge in [0.05, 0.1) is 18.9 Å². The Morgan fingerprint density at radius 3 is 2.47 bits per heavy atom. The second-order valence-corrected chi connectivity index (χ2v) is 8.27. The van der Waals surface area contributed by atoms with E-state index in [0.717, 1.165) is 34.4 Å². The van der Waals surface area contributed by atoms with Gasteiger partial charge in [-0.3, -0.25) is 4.79 Å². The van der Waals surface area contributed by atoms with E-state index < -0.39 is 0 Å². The molecule has 1 amide bonds. The van der Waals surface area contributed by atoms with Gasteiger partial charge in [-0.25, -0.2) is 0 Å². The summed E-state index contributed by atoms with van der Waals surface area (Å²) in [5, 5.41) is 12.7. The van der Waals surface area contributed by atoms with E-state index in [4.69, 9.17) is 4.74 Å². The quantitative estimate of drug-likeness (QED) is 0.524. The number of hydrogen-bond donors (Lipinski definition) is 1. The van der Waals surface area contributed by atoms with Crippen molar-refractivity contribution in [2.45, 2.75) is 43.4 Å². The van der Waals surface area contributed by atoms with Gasteiger partial charge in [-0.05, 0) is 43.0 Å². The molecule has 1 heterocycles. The molecule has 1 fully saturated rings. The number of thioether (sulfide) groups is 1. The monoisotopic (exact) mass is 422 g/mol. The average molecular weight is 423 g/mol. The van der Waals surface area contributed by atoms with Crippen LogP contribution < -0.4 is 10.1 Å². The lowest BCUT2D eigenvalue weighted by molar-refractivity contribution is -0.119. The fourth-order valence-corrected chi connectivity index (χ4v) is 4.30. The number of carbonyl (C=O) groups is 1. The number of benzene rings is 2. The van der Waals surface area contributed by atoms with Crippen molar-refractivity contribution in [1.82, 2.24) is 20.1 Å². The van der Waals surface area contributed by atoms with Gasteiger partial charge < -0.3 is 14.6 Å². The number of ether oxygens (including phenoxy) is 1. The number of nitrogens with one attached hydrogen (secondary N) is 1. The molecule has 2 aromatic carbocycles. The van der Waals surface area contributed by atoms with Gasteiger partial charge in [-0.1, -0.05) is 54.2 Å². The smallest absolute Gasteiger partial charge is 0.231 e. The predicted octanol–water partition coefficient (Wildman–Crippen LogP) is 4.18. The Morgan fingerprint density at radius 2 is 1.83 bits per heavy atom. The zero-order chi connectivity index (χ0) is 20.9. The lowest BCUT2D eigenvalue weighted by Crippen LogP contribution is -2.30. The van der Waals surface area contributed by atoms with E-state index in [9.17, 15) is 4.79 Å². The Bertz CT molecular complexity index is 984. The summed E-state index contributed by atoms with van der Waals surface area (Å²) in [6.45, 7) is 2.91. The van der Waals surface area contributed by atoms with Crippen LogP contribution in [0.25, 0.3) is 0 Å². The van der Waals surface area contributed by atoms with Gasteiger partial charge in [-0.15, -0.1) is 10.2 Å².